The van der Waals surface area contributed by atoms with Gasteiger partial charge in [0.05, 0.1) is 0 Å². The Morgan fingerprint density at radius 2 is 1.12 bits per heavy atom. The van der Waals surface area contributed by atoms with Crippen LogP contribution in [0, 0.1) is 0 Å². The van der Waals surface area contributed by atoms with Crippen molar-refractivity contribution in [2.24, 2.45) is 0 Å². The first kappa shape index (κ1) is 12.6. The molecule has 4 heteroatoms. The minimum Gasteiger partial charge on any atom is -0.349 e. The van der Waals surface area contributed by atoms with E-state index in [4.69, 9.17) is 15.0 Å². The largest absolute Gasteiger partial charge is 0.349 e. The topological polar surface area (TPSA) is 24.9 Å². The van der Waals surface area contributed by atoms with E-state index in [0.717, 1.165) is 11.1 Å². The molecule has 3 fully saturated rings. The van der Waals surface area contributed by atoms with Gasteiger partial charge in [0.1, 0.15) is 12.2 Å². The van der Waals surface area contributed by atoms with Crippen molar-refractivity contribution in [1.82, 2.24) is 9.80 Å². The average Bonchev–Trinajstić information content (AvgIpc) is 3.26. The van der Waals surface area contributed by atoms with E-state index in [-0.39, 0.29) is 24.3 Å². The monoisotopic (exact) mass is 354 g/mol. The van der Waals surface area contributed by atoms with E-state index >= 15 is 0 Å². The molecule has 3 aliphatic heterocycles. The molecule has 6 atom stereocenters. The third kappa shape index (κ3) is 2.52. The first-order valence-electron chi connectivity index (χ1n) is 11.2. The van der Waals surface area contributed by atoms with Crippen molar-refractivity contribution < 1.29 is 15.0 Å². The summed E-state index contributed by atoms with van der Waals surface area (Å²) in [6.07, 6.45) is -2.14. The van der Waals surface area contributed by atoms with Gasteiger partial charge in [0.15, 0.2) is 12.5 Å². The molecule has 0 aromatic heterocycles. The maximum atomic E-state index is 8.79. The molecule has 0 unspecified atom stereocenters. The molecule has 26 heavy (non-hydrogen) atoms. The van der Waals surface area contributed by atoms with Crippen molar-refractivity contribution in [2.45, 2.75) is 50.6 Å². The first-order valence-corrected chi connectivity index (χ1v) is 9.23. The Labute approximate surface area is 160 Å². The third-order valence-electron chi connectivity index (χ3n) is 5.68. The summed E-state index contributed by atoms with van der Waals surface area (Å²) in [6.45, 7) is -0.705. The van der Waals surface area contributed by atoms with E-state index in [9.17, 15) is 0 Å². The minimum atomic E-state index is -2.25. The van der Waals surface area contributed by atoms with Crippen LogP contribution in [0.2, 0.25) is 0 Å². The van der Waals surface area contributed by atoms with Crippen LogP contribution in [-0.2, 0) is 9.47 Å². The van der Waals surface area contributed by atoms with Gasteiger partial charge in [-0.25, -0.2) is 0 Å². The third-order valence-corrected chi connectivity index (χ3v) is 5.68. The summed E-state index contributed by atoms with van der Waals surface area (Å²) in [5.74, 6) is 0. The predicted molar refractivity (Wildman–Crippen MR) is 100 cm³/mol. The fraction of sp³-hybridized carbons (Fsp3) is 0.455. The SMILES string of the molecule is [2H]C1([2H])N2[C@H](C)[C@H](c3ccccc3)O[C@@H]2[C@H]2O[C@@H](c3ccccc3)[C@@H](C)N2C1([2H])[2H]. The van der Waals surface area contributed by atoms with Crippen LogP contribution in [-0.4, -0.2) is 47.3 Å². The van der Waals surface area contributed by atoms with Crippen molar-refractivity contribution in [1.29, 1.82) is 0 Å². The first-order chi connectivity index (χ1) is 14.2. The molecule has 136 valence electrons. The lowest BCUT2D eigenvalue weighted by molar-refractivity contribution is -0.163. The lowest BCUT2D eigenvalue weighted by Gasteiger charge is -2.40. The van der Waals surface area contributed by atoms with Crippen LogP contribution in [0.5, 0.6) is 0 Å². The highest BCUT2D eigenvalue weighted by Gasteiger charge is 2.54. The van der Waals surface area contributed by atoms with Gasteiger partial charge in [0.2, 0.25) is 0 Å². The number of hydrogen-bond donors (Lipinski definition) is 0. The van der Waals surface area contributed by atoms with Gasteiger partial charge in [-0.05, 0) is 25.0 Å². The molecule has 0 saturated carbocycles. The maximum absolute atomic E-state index is 8.79. The number of ether oxygens (including phenoxy) is 2. The van der Waals surface area contributed by atoms with Crippen molar-refractivity contribution in [3.8, 4) is 0 Å². The molecule has 4 nitrogen and oxygen atoms in total. The predicted octanol–water partition coefficient (Wildman–Crippen LogP) is 3.58. The van der Waals surface area contributed by atoms with Gasteiger partial charge >= 0.3 is 0 Å². The van der Waals surface area contributed by atoms with Crippen molar-refractivity contribution in [3.05, 3.63) is 71.8 Å². The summed E-state index contributed by atoms with van der Waals surface area (Å²) in [6, 6.07) is 18.8. The lowest BCUT2D eigenvalue weighted by atomic mass is 10.0. The number of nitrogens with zero attached hydrogens (tertiary/aromatic N) is 2. The second kappa shape index (κ2) is 6.46. The fourth-order valence-electron chi connectivity index (χ4n) is 4.27. The van der Waals surface area contributed by atoms with Crippen LogP contribution in [0.4, 0.5) is 0 Å². The number of rotatable bonds is 2. The van der Waals surface area contributed by atoms with Gasteiger partial charge in [-0.3, -0.25) is 9.80 Å². The summed E-state index contributed by atoms with van der Waals surface area (Å²) < 4.78 is 48.0. The zero-order chi connectivity index (χ0) is 21.3. The number of benzene rings is 2. The van der Waals surface area contributed by atoms with Crippen LogP contribution in [0.3, 0.4) is 0 Å². The molecule has 3 saturated heterocycles. The quantitative estimate of drug-likeness (QED) is 0.823. The molecule has 0 radical (unpaired) electrons. The smallest absolute Gasteiger partial charge is 0.152 e. The van der Waals surface area contributed by atoms with Crippen LogP contribution < -0.4 is 0 Å². The van der Waals surface area contributed by atoms with E-state index in [1.165, 1.54) is 9.80 Å². The van der Waals surface area contributed by atoms with Crippen molar-refractivity contribution in [2.75, 3.05) is 13.0 Å². The Bertz CT molecular complexity index is 838. The van der Waals surface area contributed by atoms with Gasteiger partial charge in [0.25, 0.3) is 0 Å². The fourth-order valence-corrected chi connectivity index (χ4v) is 4.27. The zero-order valence-corrected chi connectivity index (χ0v) is 14.9. The van der Waals surface area contributed by atoms with E-state index in [0.29, 0.717) is 0 Å². The van der Waals surface area contributed by atoms with Gasteiger partial charge in [0, 0.05) is 30.6 Å². The molecule has 0 bridgehead atoms. The molecule has 2 aromatic carbocycles. The summed E-state index contributed by atoms with van der Waals surface area (Å²) in [4.78, 5) is 3.07. The lowest BCUT2D eigenvalue weighted by Crippen LogP contribution is -2.58. The summed E-state index contributed by atoms with van der Waals surface area (Å²) in [5.41, 5.74) is 1.90. The van der Waals surface area contributed by atoms with Crippen LogP contribution in [0.1, 0.15) is 42.7 Å². The highest BCUT2D eigenvalue weighted by molar-refractivity contribution is 5.23. The van der Waals surface area contributed by atoms with Crippen LogP contribution in [0.15, 0.2) is 60.7 Å². The molecular weight excluding hydrogens is 324 g/mol. The van der Waals surface area contributed by atoms with E-state index in [1.807, 2.05) is 74.5 Å². The second-order valence-corrected chi connectivity index (χ2v) is 7.24. The number of hydrogen-bond acceptors (Lipinski definition) is 4. The molecule has 5 rings (SSSR count). The summed E-state index contributed by atoms with van der Waals surface area (Å²) in [7, 11) is 0. The number of piperazine rings is 1. The van der Waals surface area contributed by atoms with Gasteiger partial charge in [-0.1, -0.05) is 60.7 Å². The van der Waals surface area contributed by atoms with Gasteiger partial charge in [-0.15, -0.1) is 0 Å². The summed E-state index contributed by atoms with van der Waals surface area (Å²) in [5, 5.41) is 0. The molecule has 0 aliphatic carbocycles. The molecular formula is C22H26N2O2. The van der Waals surface area contributed by atoms with E-state index in [2.05, 4.69) is 0 Å². The molecule has 3 aliphatic rings. The minimum absolute atomic E-state index is 0.348. The van der Waals surface area contributed by atoms with Crippen molar-refractivity contribution in [3.63, 3.8) is 0 Å². The highest BCUT2D eigenvalue weighted by Crippen LogP contribution is 2.45. The average molecular weight is 354 g/mol. The van der Waals surface area contributed by atoms with Crippen LogP contribution >= 0.6 is 0 Å². The van der Waals surface area contributed by atoms with Gasteiger partial charge in [-0.2, -0.15) is 0 Å². The normalized spacial score (nSPS) is 43.6. The van der Waals surface area contributed by atoms with Gasteiger partial charge < -0.3 is 9.47 Å². The standard InChI is InChI=1S/C22H26N2O2/c1-15-19(17-9-5-3-6-10-17)25-21-22-24(14-13-23(15)21)16(2)20(26-22)18-11-7-4-8-12-18/h3-12,15-16,19-22H,13-14H2,1-2H3/t15-,16-,19-,20-,21-,22-/m1/s1/i13D2,14D2. The molecule has 0 N–H and O–H groups in total. The number of fused-ring (bicyclic) bond motifs is 3. The van der Waals surface area contributed by atoms with E-state index in [1.54, 1.807) is 0 Å². The maximum Gasteiger partial charge on any atom is 0.152 e. The second-order valence-electron chi connectivity index (χ2n) is 7.24. The molecule has 0 spiro atoms. The highest BCUT2D eigenvalue weighted by atomic mass is 16.6. The molecule has 0 amide bonds. The van der Waals surface area contributed by atoms with E-state index < -0.39 is 25.4 Å². The zero-order valence-electron chi connectivity index (χ0n) is 18.9. The Morgan fingerprint density at radius 1 is 0.731 bits per heavy atom. The molecule has 3 heterocycles. The van der Waals surface area contributed by atoms with Crippen molar-refractivity contribution >= 4 is 0 Å². The Kier molecular flexibility index (Phi) is 3.14. The Morgan fingerprint density at radius 3 is 1.50 bits per heavy atom. The molecule has 2 aromatic rings. The van der Waals surface area contributed by atoms with Crippen LogP contribution in [0.25, 0.3) is 0 Å². The Hall–Kier alpha value is -1.72. The summed E-state index contributed by atoms with van der Waals surface area (Å²) >= 11 is 0. The Balaban J connectivity index is 1.56.